The molecule has 1 aromatic rings. The lowest BCUT2D eigenvalue weighted by Crippen LogP contribution is -2.64. The van der Waals surface area contributed by atoms with Gasteiger partial charge in [-0.3, -0.25) is 4.90 Å². The minimum absolute atomic E-state index is 0.143. The van der Waals surface area contributed by atoms with Gasteiger partial charge in [-0.1, -0.05) is 0 Å². The third-order valence-corrected chi connectivity index (χ3v) is 4.87. The second-order valence-corrected chi connectivity index (χ2v) is 8.08. The molecule has 154 valence electrons. The van der Waals surface area contributed by atoms with Crippen LogP contribution in [0.15, 0.2) is 18.2 Å². The average Bonchev–Trinajstić information content (AvgIpc) is 3.01. The fourth-order valence-electron chi connectivity index (χ4n) is 3.49. The van der Waals surface area contributed by atoms with Gasteiger partial charge in [0, 0.05) is 25.2 Å². The molecule has 1 atom stereocenters. The molecule has 2 heterocycles. The number of aliphatic hydroxyl groups excluding tert-OH is 1. The SMILES string of the molecule is CC(C)(C)OC(=O)[N+]1(c2ccc(N3CC(CO)OC3=O)cc2F)CCNCC1. The molecule has 2 aliphatic heterocycles. The van der Waals surface area contributed by atoms with E-state index in [0.29, 0.717) is 31.9 Å². The lowest BCUT2D eigenvalue weighted by molar-refractivity contribution is 0.0235. The van der Waals surface area contributed by atoms with Gasteiger partial charge in [0.05, 0.1) is 18.8 Å². The number of aliphatic hydroxyl groups is 1. The summed E-state index contributed by atoms with van der Waals surface area (Å²) in [5, 5.41) is 12.3. The Morgan fingerprint density at radius 1 is 1.39 bits per heavy atom. The summed E-state index contributed by atoms with van der Waals surface area (Å²) in [5.74, 6) is -0.592. The first kappa shape index (κ1) is 20.5. The minimum Gasteiger partial charge on any atom is -0.441 e. The smallest absolute Gasteiger partial charge is 0.441 e. The van der Waals surface area contributed by atoms with E-state index < -0.39 is 29.7 Å². The van der Waals surface area contributed by atoms with E-state index in [9.17, 15) is 9.59 Å². The maximum Gasteiger partial charge on any atom is 0.521 e. The first-order valence-electron chi connectivity index (χ1n) is 9.37. The molecule has 3 rings (SSSR count). The summed E-state index contributed by atoms with van der Waals surface area (Å²) in [6.07, 6.45) is -1.77. The van der Waals surface area contributed by atoms with Crippen LogP contribution in [0.5, 0.6) is 0 Å². The van der Waals surface area contributed by atoms with Crippen LogP contribution in [0.3, 0.4) is 0 Å². The van der Waals surface area contributed by atoms with Crippen LogP contribution in [-0.4, -0.2) is 68.3 Å². The highest BCUT2D eigenvalue weighted by molar-refractivity contribution is 5.90. The topological polar surface area (TPSA) is 88.1 Å². The van der Waals surface area contributed by atoms with E-state index in [1.807, 2.05) is 0 Å². The number of quaternary nitrogens is 1. The Hall–Kier alpha value is -2.23. The van der Waals surface area contributed by atoms with Crippen molar-refractivity contribution in [2.45, 2.75) is 32.5 Å². The van der Waals surface area contributed by atoms with Crippen molar-refractivity contribution in [2.75, 3.05) is 44.2 Å². The fraction of sp³-hybridized carbons (Fsp3) is 0.579. The number of benzene rings is 1. The van der Waals surface area contributed by atoms with Crippen LogP contribution in [-0.2, 0) is 9.47 Å². The van der Waals surface area contributed by atoms with Crippen molar-refractivity contribution in [3.8, 4) is 0 Å². The molecule has 2 amide bonds. The molecule has 0 aromatic heterocycles. The molecular weight excluding hydrogens is 369 g/mol. The molecule has 0 saturated carbocycles. The lowest BCUT2D eigenvalue weighted by Gasteiger charge is -2.38. The molecule has 28 heavy (non-hydrogen) atoms. The van der Waals surface area contributed by atoms with E-state index in [1.54, 1.807) is 26.8 Å². The van der Waals surface area contributed by atoms with Crippen molar-refractivity contribution in [2.24, 2.45) is 0 Å². The summed E-state index contributed by atoms with van der Waals surface area (Å²) in [6, 6.07) is 4.34. The Balaban J connectivity index is 1.93. The largest absolute Gasteiger partial charge is 0.521 e. The van der Waals surface area contributed by atoms with E-state index in [0.717, 1.165) is 0 Å². The second kappa shape index (κ2) is 7.65. The Kier molecular flexibility index (Phi) is 5.60. The molecule has 0 aliphatic carbocycles. The highest BCUT2D eigenvalue weighted by Gasteiger charge is 2.46. The van der Waals surface area contributed by atoms with Gasteiger partial charge in [-0.15, -0.1) is 0 Å². The number of nitrogens with zero attached hydrogens (tertiary/aromatic N) is 2. The molecule has 2 saturated heterocycles. The number of amides is 2. The summed E-state index contributed by atoms with van der Waals surface area (Å²) < 4.78 is 25.5. The van der Waals surface area contributed by atoms with Crippen LogP contribution < -0.4 is 14.7 Å². The molecule has 1 unspecified atom stereocenters. The third kappa shape index (κ3) is 3.96. The molecule has 2 aliphatic rings. The van der Waals surface area contributed by atoms with Gasteiger partial charge in [-0.05, 0) is 26.8 Å². The normalized spacial score (nSPS) is 22.1. The zero-order chi connectivity index (χ0) is 20.5. The molecule has 9 heteroatoms. The lowest BCUT2D eigenvalue weighted by atomic mass is 10.1. The predicted octanol–water partition coefficient (Wildman–Crippen LogP) is 1.99. The van der Waals surface area contributed by atoms with Crippen LogP contribution >= 0.6 is 0 Å². The number of piperazine rings is 1. The number of cyclic esters (lactones) is 1. The maximum absolute atomic E-state index is 15.2. The first-order valence-corrected chi connectivity index (χ1v) is 9.37. The highest BCUT2D eigenvalue weighted by atomic mass is 19.1. The molecule has 8 nitrogen and oxygen atoms in total. The quantitative estimate of drug-likeness (QED) is 0.760. The van der Waals surface area contributed by atoms with Gasteiger partial charge in [0.2, 0.25) is 0 Å². The molecule has 0 spiro atoms. The molecule has 1 aromatic carbocycles. The number of ether oxygens (including phenoxy) is 2. The average molecular weight is 396 g/mol. The molecule has 2 N–H and O–H groups in total. The maximum atomic E-state index is 15.2. The Labute approximate surface area is 163 Å². The minimum atomic E-state index is -0.692. The van der Waals surface area contributed by atoms with E-state index in [2.05, 4.69) is 5.32 Å². The Morgan fingerprint density at radius 3 is 2.61 bits per heavy atom. The van der Waals surface area contributed by atoms with E-state index >= 15 is 4.39 Å². The van der Waals surface area contributed by atoms with Crippen LogP contribution in [0.4, 0.5) is 25.4 Å². The third-order valence-electron chi connectivity index (χ3n) is 4.87. The highest BCUT2D eigenvalue weighted by Crippen LogP contribution is 2.33. The second-order valence-electron chi connectivity index (χ2n) is 8.08. The van der Waals surface area contributed by atoms with Crippen molar-refractivity contribution < 1.29 is 28.6 Å². The zero-order valence-electron chi connectivity index (χ0n) is 16.4. The summed E-state index contributed by atoms with van der Waals surface area (Å²) in [5.41, 5.74) is -0.159. The van der Waals surface area contributed by atoms with Crippen LogP contribution in [0.1, 0.15) is 20.8 Å². The standard InChI is InChI=1S/C19H27FN3O5/c1-19(2,3)28-18(26)23(8-6-21-7-9-23)16-5-4-13(10-15(16)20)22-11-14(12-24)27-17(22)25/h4-5,10,14,21,24H,6-9,11-12H2,1-3H3/q+1. The monoisotopic (exact) mass is 396 g/mol. The number of carbonyl (C=O) groups excluding carboxylic acids is 2. The van der Waals surface area contributed by atoms with Crippen molar-refractivity contribution in [1.29, 1.82) is 0 Å². The summed E-state index contributed by atoms with van der Waals surface area (Å²) in [4.78, 5) is 26.2. The van der Waals surface area contributed by atoms with E-state index in [1.165, 1.54) is 17.0 Å². The summed E-state index contributed by atoms with van der Waals surface area (Å²) in [6.45, 7) is 7.01. The number of anilines is 1. The molecule has 2 fully saturated rings. The number of hydrogen-bond acceptors (Lipinski definition) is 6. The van der Waals surface area contributed by atoms with Gasteiger partial charge in [-0.2, -0.15) is 9.28 Å². The number of carbonyl (C=O) groups is 2. The molecular formula is C19H27FN3O5+. The first-order chi connectivity index (χ1) is 13.2. The van der Waals surface area contributed by atoms with Gasteiger partial charge >= 0.3 is 12.2 Å². The zero-order valence-corrected chi connectivity index (χ0v) is 16.4. The van der Waals surface area contributed by atoms with Crippen molar-refractivity contribution in [3.63, 3.8) is 0 Å². The van der Waals surface area contributed by atoms with Crippen LogP contribution in [0, 0.1) is 5.82 Å². The van der Waals surface area contributed by atoms with Crippen molar-refractivity contribution in [3.05, 3.63) is 24.0 Å². The van der Waals surface area contributed by atoms with Gasteiger partial charge < -0.3 is 19.9 Å². The van der Waals surface area contributed by atoms with E-state index in [-0.39, 0.29) is 23.3 Å². The molecule has 0 radical (unpaired) electrons. The van der Waals surface area contributed by atoms with Gasteiger partial charge in [0.15, 0.2) is 11.5 Å². The number of nitrogens with one attached hydrogen (secondary N) is 1. The number of halogens is 1. The van der Waals surface area contributed by atoms with Gasteiger partial charge in [-0.25, -0.2) is 9.18 Å². The van der Waals surface area contributed by atoms with Gasteiger partial charge in [0.25, 0.3) is 0 Å². The summed E-state index contributed by atoms with van der Waals surface area (Å²) in [7, 11) is 0. The van der Waals surface area contributed by atoms with Crippen molar-refractivity contribution in [1.82, 2.24) is 9.80 Å². The number of rotatable bonds is 3. The number of hydrogen-bond donors (Lipinski definition) is 2. The Bertz CT molecular complexity index is 758. The Morgan fingerprint density at radius 2 is 2.07 bits per heavy atom. The van der Waals surface area contributed by atoms with E-state index in [4.69, 9.17) is 14.6 Å². The predicted molar refractivity (Wildman–Crippen MR) is 102 cm³/mol. The molecule has 0 bridgehead atoms. The summed E-state index contributed by atoms with van der Waals surface area (Å²) >= 11 is 0. The van der Waals surface area contributed by atoms with Crippen LogP contribution in [0.2, 0.25) is 0 Å². The van der Waals surface area contributed by atoms with Crippen LogP contribution in [0.25, 0.3) is 0 Å². The fourth-order valence-corrected chi connectivity index (χ4v) is 3.49. The van der Waals surface area contributed by atoms with Gasteiger partial charge in [0.1, 0.15) is 24.8 Å². The van der Waals surface area contributed by atoms with Crippen molar-refractivity contribution >= 4 is 23.6 Å².